The van der Waals surface area contributed by atoms with Crippen LogP contribution in [0, 0.1) is 0 Å². The maximum absolute atomic E-state index is 4.79. The van der Waals surface area contributed by atoms with Crippen LogP contribution in [0.2, 0.25) is 0 Å². The van der Waals surface area contributed by atoms with Gasteiger partial charge in [-0.2, -0.15) is 0 Å². The summed E-state index contributed by atoms with van der Waals surface area (Å²) in [5.74, 6) is 0. The van der Waals surface area contributed by atoms with E-state index in [2.05, 4.69) is 42.5 Å². The average molecular weight is 205 g/mol. The van der Waals surface area contributed by atoms with Crippen LogP contribution in [0.3, 0.4) is 0 Å². The molecule has 0 spiro atoms. The Hall–Kier alpha value is -1.89. The van der Waals surface area contributed by atoms with E-state index in [0.717, 1.165) is 11.9 Å². The molecule has 3 aromatic rings. The molecule has 1 heterocycles. The minimum absolute atomic E-state index is 1.11. The van der Waals surface area contributed by atoms with Gasteiger partial charge in [0.1, 0.15) is 0 Å². The lowest BCUT2D eigenvalue weighted by molar-refractivity contribution is 0.942. The van der Waals surface area contributed by atoms with Gasteiger partial charge in [-0.15, -0.1) is 0 Å². The predicted molar refractivity (Wildman–Crippen MR) is 66.7 cm³/mol. The fourth-order valence-electron chi connectivity index (χ4n) is 2.66. The molecule has 0 amide bonds. The summed E-state index contributed by atoms with van der Waals surface area (Å²) in [4.78, 5) is 4.79. The quantitative estimate of drug-likeness (QED) is 0.512. The molecule has 2 bridgehead atoms. The first-order valence-electron chi connectivity index (χ1n) is 5.72. The highest BCUT2D eigenvalue weighted by Gasteiger charge is 2.14. The lowest BCUT2D eigenvalue weighted by atomic mass is 9.90. The number of para-hydroxylation sites is 1. The third-order valence-corrected chi connectivity index (χ3v) is 3.52. The van der Waals surface area contributed by atoms with E-state index in [1.165, 1.54) is 33.8 Å². The molecule has 0 aliphatic heterocycles. The lowest BCUT2D eigenvalue weighted by Crippen LogP contribution is -2.03. The Bertz CT molecular complexity index is 651. The monoisotopic (exact) mass is 205 g/mol. The first-order valence-corrected chi connectivity index (χ1v) is 5.72. The van der Waals surface area contributed by atoms with Crippen LogP contribution in [-0.4, -0.2) is 4.98 Å². The number of benzene rings is 2. The van der Waals surface area contributed by atoms with Crippen molar-refractivity contribution in [3.05, 3.63) is 53.6 Å². The average Bonchev–Trinajstić information content (AvgIpc) is 2.38. The molecule has 2 aliphatic carbocycles. The molecule has 2 aromatic carbocycles. The lowest BCUT2D eigenvalue weighted by Gasteiger charge is -2.17. The fourth-order valence-corrected chi connectivity index (χ4v) is 2.66. The second kappa shape index (κ2) is 2.82. The molecule has 1 aromatic heterocycles. The summed E-state index contributed by atoms with van der Waals surface area (Å²) in [7, 11) is 0. The highest BCUT2D eigenvalue weighted by molar-refractivity contribution is 5.96. The van der Waals surface area contributed by atoms with Gasteiger partial charge in [0, 0.05) is 10.8 Å². The molecule has 0 atom stereocenters. The number of hydrogen-bond donors (Lipinski definition) is 0. The number of fused-ring (bicyclic) bond motifs is 3. The second-order valence-corrected chi connectivity index (χ2v) is 4.46. The molecule has 0 fully saturated rings. The maximum Gasteiger partial charge on any atom is 0.0744 e. The molecule has 76 valence electrons. The molecule has 0 N–H and O–H groups in total. The van der Waals surface area contributed by atoms with E-state index >= 15 is 0 Å². The summed E-state index contributed by atoms with van der Waals surface area (Å²) in [5, 5.41) is 2.60. The van der Waals surface area contributed by atoms with Crippen molar-refractivity contribution >= 4 is 21.8 Å². The molecule has 0 radical (unpaired) electrons. The minimum Gasteiger partial charge on any atom is -0.247 e. The Morgan fingerprint density at radius 1 is 0.875 bits per heavy atom. The highest BCUT2D eigenvalue weighted by atomic mass is 14.7. The molecule has 0 saturated carbocycles. The van der Waals surface area contributed by atoms with Gasteiger partial charge >= 0.3 is 0 Å². The largest absolute Gasteiger partial charge is 0.247 e. The fraction of sp³-hybridized carbons (Fsp3) is 0.133. The van der Waals surface area contributed by atoms with Crippen molar-refractivity contribution in [3.8, 4) is 0 Å². The zero-order valence-electron chi connectivity index (χ0n) is 8.90. The Kier molecular flexibility index (Phi) is 1.46. The summed E-state index contributed by atoms with van der Waals surface area (Å²) >= 11 is 0. The van der Waals surface area contributed by atoms with E-state index in [1.54, 1.807) is 0 Å². The van der Waals surface area contributed by atoms with Crippen molar-refractivity contribution in [2.75, 3.05) is 0 Å². The van der Waals surface area contributed by atoms with Crippen LogP contribution in [0.5, 0.6) is 0 Å². The molecule has 16 heavy (non-hydrogen) atoms. The van der Waals surface area contributed by atoms with Crippen molar-refractivity contribution in [2.45, 2.75) is 12.8 Å². The summed E-state index contributed by atoms with van der Waals surface area (Å²) in [5.41, 5.74) is 5.16. The Morgan fingerprint density at radius 2 is 1.69 bits per heavy atom. The van der Waals surface area contributed by atoms with Crippen molar-refractivity contribution in [2.24, 2.45) is 0 Å². The Labute approximate surface area is 93.7 Å². The van der Waals surface area contributed by atoms with Crippen molar-refractivity contribution < 1.29 is 0 Å². The van der Waals surface area contributed by atoms with E-state index in [-0.39, 0.29) is 0 Å². The number of rotatable bonds is 0. The molecule has 0 unspecified atom stereocenters. The molecule has 1 nitrogen and oxygen atoms in total. The number of nitrogens with zero attached hydrogens (tertiary/aromatic N) is 1. The van der Waals surface area contributed by atoms with Gasteiger partial charge in [0.15, 0.2) is 0 Å². The second-order valence-electron chi connectivity index (χ2n) is 4.46. The van der Waals surface area contributed by atoms with E-state index < -0.39 is 0 Å². The predicted octanol–water partition coefficient (Wildman–Crippen LogP) is 3.49. The van der Waals surface area contributed by atoms with Gasteiger partial charge in [-0.25, -0.2) is 4.98 Å². The first-order chi connectivity index (χ1) is 7.92. The van der Waals surface area contributed by atoms with Crippen LogP contribution in [0.4, 0.5) is 0 Å². The third kappa shape index (κ3) is 0.977. The number of aromatic nitrogens is 1. The SMILES string of the molecule is c1ccc2nc3c4ccc(c3cc2c1)CC4. The molecular formula is C15H11N. The zero-order chi connectivity index (χ0) is 10.5. The third-order valence-electron chi connectivity index (χ3n) is 3.52. The summed E-state index contributed by atoms with van der Waals surface area (Å²) < 4.78 is 0. The van der Waals surface area contributed by atoms with Crippen LogP contribution in [0.1, 0.15) is 11.1 Å². The molecular weight excluding hydrogens is 194 g/mol. The molecule has 5 rings (SSSR count). The van der Waals surface area contributed by atoms with Crippen molar-refractivity contribution in [1.29, 1.82) is 0 Å². The van der Waals surface area contributed by atoms with Crippen LogP contribution >= 0.6 is 0 Å². The van der Waals surface area contributed by atoms with Crippen LogP contribution in [0.15, 0.2) is 42.5 Å². The maximum atomic E-state index is 4.79. The van der Waals surface area contributed by atoms with Gasteiger partial charge in [-0.05, 0) is 36.1 Å². The van der Waals surface area contributed by atoms with Gasteiger partial charge in [0.2, 0.25) is 0 Å². The molecule has 1 heteroatoms. The summed E-state index contributed by atoms with van der Waals surface area (Å²) in [6, 6.07) is 15.1. The number of aryl methyl sites for hydroxylation is 2. The van der Waals surface area contributed by atoms with Crippen LogP contribution in [0.25, 0.3) is 21.8 Å². The summed E-state index contributed by atoms with van der Waals surface area (Å²) in [6.07, 6.45) is 2.34. The topological polar surface area (TPSA) is 12.9 Å². The van der Waals surface area contributed by atoms with Crippen LogP contribution < -0.4 is 0 Å². The van der Waals surface area contributed by atoms with Gasteiger partial charge in [-0.1, -0.05) is 30.3 Å². The summed E-state index contributed by atoms with van der Waals surface area (Å²) in [6.45, 7) is 0. The van der Waals surface area contributed by atoms with Crippen molar-refractivity contribution in [1.82, 2.24) is 4.98 Å². The minimum atomic E-state index is 1.11. The Balaban J connectivity index is 2.27. The van der Waals surface area contributed by atoms with Gasteiger partial charge in [-0.3, -0.25) is 0 Å². The highest BCUT2D eigenvalue weighted by Crippen LogP contribution is 2.30. The zero-order valence-corrected chi connectivity index (χ0v) is 8.90. The van der Waals surface area contributed by atoms with E-state index in [1.807, 2.05) is 0 Å². The van der Waals surface area contributed by atoms with E-state index in [4.69, 9.17) is 4.98 Å². The van der Waals surface area contributed by atoms with Crippen LogP contribution in [-0.2, 0) is 12.8 Å². The normalized spacial score (nSPS) is 13.8. The Morgan fingerprint density at radius 3 is 2.56 bits per heavy atom. The molecule has 2 aliphatic rings. The van der Waals surface area contributed by atoms with Gasteiger partial charge < -0.3 is 0 Å². The smallest absolute Gasteiger partial charge is 0.0744 e. The number of hydrogen-bond acceptors (Lipinski definition) is 1. The molecule has 0 saturated heterocycles. The van der Waals surface area contributed by atoms with Gasteiger partial charge in [0.05, 0.1) is 11.0 Å². The van der Waals surface area contributed by atoms with Gasteiger partial charge in [0.25, 0.3) is 0 Å². The number of pyridine rings is 1. The van der Waals surface area contributed by atoms with E-state index in [0.29, 0.717) is 0 Å². The first kappa shape index (κ1) is 8.28. The van der Waals surface area contributed by atoms with E-state index in [9.17, 15) is 0 Å². The van der Waals surface area contributed by atoms with Crippen molar-refractivity contribution in [3.63, 3.8) is 0 Å². The standard InChI is InChI=1S/C15H11N/c1-2-4-14-12(3-1)9-13-10-5-7-11(8-6-10)15(13)16-14/h1-5,7,9H,6,8H2.